The molecule has 0 radical (unpaired) electrons. The highest BCUT2D eigenvalue weighted by atomic mass is 16.2. The lowest BCUT2D eigenvalue weighted by atomic mass is 9.95. The predicted molar refractivity (Wildman–Crippen MR) is 109 cm³/mol. The first-order chi connectivity index (χ1) is 13.2. The smallest absolute Gasteiger partial charge is 0.238 e. The Labute approximate surface area is 163 Å². The van der Waals surface area contributed by atoms with Crippen LogP contribution in [0.1, 0.15) is 51.0 Å². The normalized spacial score (nSPS) is 19.5. The molecule has 0 aromatic heterocycles. The Morgan fingerprint density at radius 2 is 1.67 bits per heavy atom. The quantitative estimate of drug-likeness (QED) is 0.864. The van der Waals surface area contributed by atoms with E-state index in [0.717, 1.165) is 69.5 Å². The Morgan fingerprint density at radius 3 is 2.33 bits per heavy atom. The topological polar surface area (TPSA) is 52.7 Å². The van der Waals surface area contributed by atoms with Crippen molar-refractivity contribution in [1.29, 1.82) is 0 Å². The molecule has 0 bridgehead atoms. The average Bonchev–Trinajstić information content (AvgIpc) is 2.98. The Hall–Kier alpha value is -1.88. The van der Waals surface area contributed by atoms with E-state index >= 15 is 0 Å². The minimum atomic E-state index is 0.0354. The maximum Gasteiger partial charge on any atom is 0.238 e. The van der Waals surface area contributed by atoms with Gasteiger partial charge in [0, 0.05) is 24.7 Å². The molecular formula is C22H33N3O2. The minimum Gasteiger partial charge on any atom is -0.342 e. The molecule has 2 aliphatic rings. The van der Waals surface area contributed by atoms with Crippen LogP contribution in [0.3, 0.4) is 0 Å². The Bertz CT molecular complexity index is 630. The summed E-state index contributed by atoms with van der Waals surface area (Å²) < 4.78 is 0. The summed E-state index contributed by atoms with van der Waals surface area (Å²) >= 11 is 0. The van der Waals surface area contributed by atoms with Crippen molar-refractivity contribution in [3.05, 3.63) is 29.8 Å². The summed E-state index contributed by atoms with van der Waals surface area (Å²) in [5.41, 5.74) is 2.07. The number of carbonyl (C=O) groups is 2. The highest BCUT2D eigenvalue weighted by molar-refractivity contribution is 5.93. The Kier molecular flexibility index (Phi) is 7.27. The molecule has 2 aliphatic heterocycles. The van der Waals surface area contributed by atoms with Crippen LogP contribution in [-0.4, -0.2) is 54.3 Å². The lowest BCUT2D eigenvalue weighted by molar-refractivity contribution is -0.137. The molecular weight excluding hydrogens is 338 g/mol. The number of hydrogen-bond acceptors (Lipinski definition) is 3. The number of para-hydroxylation sites is 1. The monoisotopic (exact) mass is 371 g/mol. The number of anilines is 1. The number of amides is 2. The molecule has 1 aromatic carbocycles. The van der Waals surface area contributed by atoms with E-state index < -0.39 is 0 Å². The first kappa shape index (κ1) is 19.9. The van der Waals surface area contributed by atoms with Crippen molar-refractivity contribution in [2.75, 3.05) is 38.0 Å². The molecule has 1 aromatic rings. The molecule has 2 saturated heterocycles. The van der Waals surface area contributed by atoms with Gasteiger partial charge in [-0.15, -0.1) is 0 Å². The Balaban J connectivity index is 1.45. The van der Waals surface area contributed by atoms with E-state index in [1.165, 1.54) is 12.8 Å². The van der Waals surface area contributed by atoms with Gasteiger partial charge in [-0.2, -0.15) is 0 Å². The molecule has 0 saturated carbocycles. The van der Waals surface area contributed by atoms with Crippen molar-refractivity contribution in [2.24, 2.45) is 5.92 Å². The van der Waals surface area contributed by atoms with Gasteiger partial charge in [0.25, 0.3) is 0 Å². The van der Waals surface area contributed by atoms with Gasteiger partial charge in [-0.05, 0) is 56.8 Å². The fourth-order valence-electron chi connectivity index (χ4n) is 4.23. The predicted octanol–water partition coefficient (Wildman–Crippen LogP) is 3.30. The van der Waals surface area contributed by atoms with E-state index in [9.17, 15) is 9.59 Å². The first-order valence-corrected chi connectivity index (χ1v) is 10.6. The van der Waals surface area contributed by atoms with Gasteiger partial charge in [-0.1, -0.05) is 38.0 Å². The standard InChI is InChI=1S/C22H33N3O2/c1-2-18-9-5-6-10-20(18)23-21(26)17-24-15-11-19(12-16-24)22(27)25-13-7-3-4-8-14-25/h5-6,9-10,19H,2-4,7-8,11-17H2,1H3,(H,23,26). The summed E-state index contributed by atoms with van der Waals surface area (Å²) in [7, 11) is 0. The molecule has 1 N–H and O–H groups in total. The van der Waals surface area contributed by atoms with Crippen LogP contribution >= 0.6 is 0 Å². The number of hydrogen-bond donors (Lipinski definition) is 1. The number of benzene rings is 1. The van der Waals surface area contributed by atoms with E-state index in [-0.39, 0.29) is 11.8 Å². The van der Waals surface area contributed by atoms with Crippen LogP contribution in [-0.2, 0) is 16.0 Å². The van der Waals surface area contributed by atoms with E-state index in [2.05, 4.69) is 28.1 Å². The zero-order valence-corrected chi connectivity index (χ0v) is 16.6. The SMILES string of the molecule is CCc1ccccc1NC(=O)CN1CCC(C(=O)N2CCCCCC2)CC1. The third-order valence-electron chi connectivity index (χ3n) is 5.89. The second-order valence-corrected chi connectivity index (χ2v) is 7.85. The number of likely N-dealkylation sites (tertiary alicyclic amines) is 2. The second-order valence-electron chi connectivity index (χ2n) is 7.85. The van der Waals surface area contributed by atoms with Crippen LogP contribution in [0.2, 0.25) is 0 Å². The number of aryl methyl sites for hydroxylation is 1. The molecule has 2 heterocycles. The van der Waals surface area contributed by atoms with E-state index in [4.69, 9.17) is 0 Å². The van der Waals surface area contributed by atoms with Crippen molar-refractivity contribution in [2.45, 2.75) is 51.9 Å². The van der Waals surface area contributed by atoms with Gasteiger partial charge in [0.05, 0.1) is 6.54 Å². The fraction of sp³-hybridized carbons (Fsp3) is 0.636. The molecule has 5 nitrogen and oxygen atoms in total. The fourth-order valence-corrected chi connectivity index (χ4v) is 4.23. The van der Waals surface area contributed by atoms with Crippen LogP contribution in [0.25, 0.3) is 0 Å². The molecule has 0 unspecified atom stereocenters. The zero-order chi connectivity index (χ0) is 19.1. The number of carbonyl (C=O) groups excluding carboxylic acids is 2. The van der Waals surface area contributed by atoms with Gasteiger partial charge in [-0.25, -0.2) is 0 Å². The number of piperidine rings is 1. The lowest BCUT2D eigenvalue weighted by Crippen LogP contribution is -2.44. The van der Waals surface area contributed by atoms with Gasteiger partial charge < -0.3 is 10.2 Å². The molecule has 3 rings (SSSR count). The van der Waals surface area contributed by atoms with E-state index in [0.29, 0.717) is 12.5 Å². The highest BCUT2D eigenvalue weighted by Gasteiger charge is 2.29. The van der Waals surface area contributed by atoms with Crippen LogP contribution < -0.4 is 5.32 Å². The van der Waals surface area contributed by atoms with Crippen LogP contribution in [0.5, 0.6) is 0 Å². The maximum atomic E-state index is 12.8. The third kappa shape index (κ3) is 5.55. The van der Waals surface area contributed by atoms with Gasteiger partial charge in [0.15, 0.2) is 0 Å². The summed E-state index contributed by atoms with van der Waals surface area (Å²) in [6.07, 6.45) is 7.42. The second kappa shape index (κ2) is 9.88. The van der Waals surface area contributed by atoms with Crippen molar-refractivity contribution >= 4 is 17.5 Å². The third-order valence-corrected chi connectivity index (χ3v) is 5.89. The number of rotatable bonds is 5. The number of nitrogens with one attached hydrogen (secondary N) is 1. The van der Waals surface area contributed by atoms with Crippen molar-refractivity contribution in [1.82, 2.24) is 9.80 Å². The van der Waals surface area contributed by atoms with E-state index in [1.807, 2.05) is 18.2 Å². The van der Waals surface area contributed by atoms with E-state index in [1.54, 1.807) is 0 Å². The summed E-state index contributed by atoms with van der Waals surface area (Å²) in [6, 6.07) is 7.97. The molecule has 0 spiro atoms. The molecule has 148 valence electrons. The molecule has 0 aliphatic carbocycles. The van der Waals surface area contributed by atoms with Crippen molar-refractivity contribution < 1.29 is 9.59 Å². The number of nitrogens with zero attached hydrogens (tertiary/aromatic N) is 2. The summed E-state index contributed by atoms with van der Waals surface area (Å²) in [5.74, 6) is 0.522. The molecule has 0 atom stereocenters. The van der Waals surface area contributed by atoms with Gasteiger partial charge >= 0.3 is 0 Å². The van der Waals surface area contributed by atoms with Crippen molar-refractivity contribution in [3.8, 4) is 0 Å². The highest BCUT2D eigenvalue weighted by Crippen LogP contribution is 2.22. The van der Waals surface area contributed by atoms with Gasteiger partial charge in [0.2, 0.25) is 11.8 Å². The largest absolute Gasteiger partial charge is 0.342 e. The molecule has 2 fully saturated rings. The Morgan fingerprint density at radius 1 is 1.00 bits per heavy atom. The average molecular weight is 372 g/mol. The summed E-state index contributed by atoms with van der Waals surface area (Å²) in [6.45, 7) is 6.01. The lowest BCUT2D eigenvalue weighted by Gasteiger charge is -2.33. The zero-order valence-electron chi connectivity index (χ0n) is 16.6. The summed E-state index contributed by atoms with van der Waals surface area (Å²) in [4.78, 5) is 29.5. The molecule has 2 amide bonds. The molecule has 5 heteroatoms. The van der Waals surface area contributed by atoms with Gasteiger partial charge in [0.1, 0.15) is 0 Å². The van der Waals surface area contributed by atoms with Crippen LogP contribution in [0, 0.1) is 5.92 Å². The van der Waals surface area contributed by atoms with Crippen LogP contribution in [0.4, 0.5) is 5.69 Å². The van der Waals surface area contributed by atoms with Gasteiger partial charge in [-0.3, -0.25) is 14.5 Å². The maximum absolute atomic E-state index is 12.8. The summed E-state index contributed by atoms with van der Waals surface area (Å²) in [5, 5.41) is 3.05. The minimum absolute atomic E-state index is 0.0354. The first-order valence-electron chi connectivity index (χ1n) is 10.6. The van der Waals surface area contributed by atoms with Crippen molar-refractivity contribution in [3.63, 3.8) is 0 Å². The molecule has 27 heavy (non-hydrogen) atoms. The van der Waals surface area contributed by atoms with Crippen LogP contribution in [0.15, 0.2) is 24.3 Å².